The third-order valence-corrected chi connectivity index (χ3v) is 4.89. The minimum absolute atomic E-state index is 0.484. The molecule has 2 atom stereocenters. The van der Waals surface area contributed by atoms with Gasteiger partial charge in [-0.05, 0) is 45.0 Å². The first-order valence-corrected chi connectivity index (χ1v) is 7.63. The van der Waals surface area contributed by atoms with Crippen LogP contribution in [0, 0.1) is 0 Å². The van der Waals surface area contributed by atoms with Gasteiger partial charge in [0.1, 0.15) is 0 Å². The highest BCUT2D eigenvalue weighted by Gasteiger charge is 2.27. The normalized spacial score (nSPS) is 22.2. The molecule has 17 heavy (non-hydrogen) atoms. The molecule has 1 aliphatic rings. The zero-order valence-corrected chi connectivity index (χ0v) is 12.2. The van der Waals surface area contributed by atoms with Crippen LogP contribution in [-0.2, 0) is 0 Å². The van der Waals surface area contributed by atoms with E-state index in [9.17, 15) is 0 Å². The fourth-order valence-corrected chi connectivity index (χ4v) is 3.72. The van der Waals surface area contributed by atoms with Gasteiger partial charge < -0.3 is 5.32 Å². The van der Waals surface area contributed by atoms with Crippen LogP contribution in [0.15, 0.2) is 12.1 Å². The van der Waals surface area contributed by atoms with E-state index in [0.29, 0.717) is 12.1 Å². The van der Waals surface area contributed by atoms with Crippen molar-refractivity contribution in [2.75, 3.05) is 19.6 Å². The number of nitrogens with zero attached hydrogens (tertiary/aromatic N) is 1. The van der Waals surface area contributed by atoms with Crippen LogP contribution in [0.2, 0.25) is 4.34 Å². The molecule has 1 aromatic heterocycles. The lowest BCUT2D eigenvalue weighted by atomic mass is 10.1. The highest BCUT2D eigenvalue weighted by Crippen LogP contribution is 2.32. The molecule has 0 saturated carbocycles. The van der Waals surface area contributed by atoms with Crippen LogP contribution in [0.25, 0.3) is 0 Å². The van der Waals surface area contributed by atoms with Gasteiger partial charge in [-0.15, -0.1) is 11.3 Å². The average molecular weight is 273 g/mol. The maximum absolute atomic E-state index is 6.03. The van der Waals surface area contributed by atoms with Crippen molar-refractivity contribution < 1.29 is 0 Å². The van der Waals surface area contributed by atoms with Crippen LogP contribution in [0.3, 0.4) is 0 Å². The van der Waals surface area contributed by atoms with Gasteiger partial charge in [-0.3, -0.25) is 4.90 Å². The quantitative estimate of drug-likeness (QED) is 0.882. The molecule has 96 valence electrons. The second-order valence-electron chi connectivity index (χ2n) is 4.70. The summed E-state index contributed by atoms with van der Waals surface area (Å²) in [6.45, 7) is 8.01. The Balaban J connectivity index is 2.08. The highest BCUT2D eigenvalue weighted by molar-refractivity contribution is 7.16. The third-order valence-electron chi connectivity index (χ3n) is 3.49. The Morgan fingerprint density at radius 1 is 1.59 bits per heavy atom. The molecule has 2 heterocycles. The fraction of sp³-hybridized carbons (Fsp3) is 0.692. The number of hydrogen-bond donors (Lipinski definition) is 1. The van der Waals surface area contributed by atoms with E-state index in [1.807, 2.05) is 6.07 Å². The molecular formula is C13H21ClN2S. The van der Waals surface area contributed by atoms with Gasteiger partial charge in [0.05, 0.1) is 4.34 Å². The van der Waals surface area contributed by atoms with E-state index in [4.69, 9.17) is 11.6 Å². The second-order valence-corrected chi connectivity index (χ2v) is 6.45. The van der Waals surface area contributed by atoms with Crippen molar-refractivity contribution in [2.24, 2.45) is 0 Å². The summed E-state index contributed by atoms with van der Waals surface area (Å²) in [7, 11) is 0. The summed E-state index contributed by atoms with van der Waals surface area (Å²) in [6, 6.07) is 5.35. The first-order chi connectivity index (χ1) is 8.22. The smallest absolute Gasteiger partial charge is 0.0931 e. The molecule has 1 fully saturated rings. The number of nitrogens with one attached hydrogen (secondary N) is 1. The van der Waals surface area contributed by atoms with Crippen LogP contribution in [0.4, 0.5) is 0 Å². The summed E-state index contributed by atoms with van der Waals surface area (Å²) < 4.78 is 0.896. The largest absolute Gasteiger partial charge is 0.315 e. The van der Waals surface area contributed by atoms with Crippen LogP contribution >= 0.6 is 22.9 Å². The fourth-order valence-electron chi connectivity index (χ4n) is 2.59. The summed E-state index contributed by atoms with van der Waals surface area (Å²) in [5.74, 6) is 0. The summed E-state index contributed by atoms with van der Waals surface area (Å²) in [6.07, 6.45) is 2.48. The van der Waals surface area contributed by atoms with Crippen molar-refractivity contribution in [2.45, 2.75) is 38.8 Å². The summed E-state index contributed by atoms with van der Waals surface area (Å²) in [4.78, 5) is 4.01. The van der Waals surface area contributed by atoms with Gasteiger partial charge in [-0.2, -0.15) is 0 Å². The molecule has 1 aromatic rings. The van der Waals surface area contributed by atoms with E-state index in [1.165, 1.54) is 24.3 Å². The molecule has 0 radical (unpaired) electrons. The Labute approximate surface area is 113 Å². The highest BCUT2D eigenvalue weighted by atomic mass is 35.5. The van der Waals surface area contributed by atoms with Crippen molar-refractivity contribution in [3.8, 4) is 0 Å². The molecule has 4 heteroatoms. The van der Waals surface area contributed by atoms with Crippen molar-refractivity contribution >= 4 is 22.9 Å². The molecule has 0 bridgehead atoms. The number of thiophene rings is 1. The predicted molar refractivity (Wildman–Crippen MR) is 76.0 cm³/mol. The lowest BCUT2D eigenvalue weighted by Gasteiger charge is -2.33. The Hall–Kier alpha value is -0.0900. The van der Waals surface area contributed by atoms with Crippen molar-refractivity contribution in [3.05, 3.63) is 21.3 Å². The molecule has 2 unspecified atom stereocenters. The van der Waals surface area contributed by atoms with Gasteiger partial charge in [0.15, 0.2) is 0 Å². The van der Waals surface area contributed by atoms with Gasteiger partial charge in [-0.25, -0.2) is 0 Å². The van der Waals surface area contributed by atoms with Crippen LogP contribution in [0.1, 0.15) is 37.6 Å². The van der Waals surface area contributed by atoms with Gasteiger partial charge in [-0.1, -0.05) is 18.5 Å². The predicted octanol–water partition coefficient (Wildman–Crippen LogP) is 3.54. The minimum Gasteiger partial charge on any atom is -0.315 e. The molecule has 1 saturated heterocycles. The monoisotopic (exact) mass is 272 g/mol. The Morgan fingerprint density at radius 2 is 2.41 bits per heavy atom. The van der Waals surface area contributed by atoms with Crippen molar-refractivity contribution in [1.29, 1.82) is 0 Å². The van der Waals surface area contributed by atoms with E-state index in [0.717, 1.165) is 17.4 Å². The molecule has 1 aliphatic heterocycles. The average Bonchev–Trinajstić information content (AvgIpc) is 2.95. The van der Waals surface area contributed by atoms with Gasteiger partial charge >= 0.3 is 0 Å². The van der Waals surface area contributed by atoms with Gasteiger partial charge in [0.2, 0.25) is 0 Å². The standard InChI is InChI=1S/C13H21ClN2S/c1-3-8-16(11-6-7-15-9-11)10(2)12-4-5-13(14)17-12/h4-5,10-11,15H,3,6-9H2,1-2H3. The van der Waals surface area contributed by atoms with E-state index in [2.05, 4.69) is 30.1 Å². The molecule has 0 spiro atoms. The van der Waals surface area contributed by atoms with E-state index in [1.54, 1.807) is 11.3 Å². The summed E-state index contributed by atoms with van der Waals surface area (Å²) >= 11 is 7.75. The van der Waals surface area contributed by atoms with Crippen molar-refractivity contribution in [1.82, 2.24) is 10.2 Å². The lowest BCUT2D eigenvalue weighted by molar-refractivity contribution is 0.156. The minimum atomic E-state index is 0.484. The van der Waals surface area contributed by atoms with Crippen molar-refractivity contribution in [3.63, 3.8) is 0 Å². The number of halogens is 1. The number of rotatable bonds is 5. The van der Waals surface area contributed by atoms with Crippen LogP contribution in [0.5, 0.6) is 0 Å². The molecule has 0 amide bonds. The zero-order valence-electron chi connectivity index (χ0n) is 10.6. The maximum Gasteiger partial charge on any atom is 0.0931 e. The first kappa shape index (κ1) is 13.3. The maximum atomic E-state index is 6.03. The SMILES string of the molecule is CCCN(C1CCNC1)C(C)c1ccc(Cl)s1. The van der Waals surface area contributed by atoms with Crippen LogP contribution < -0.4 is 5.32 Å². The van der Waals surface area contributed by atoms with Crippen LogP contribution in [-0.4, -0.2) is 30.6 Å². The topological polar surface area (TPSA) is 15.3 Å². The van der Waals surface area contributed by atoms with Gasteiger partial charge in [0.25, 0.3) is 0 Å². The van der Waals surface area contributed by atoms with E-state index >= 15 is 0 Å². The molecule has 0 aromatic carbocycles. The van der Waals surface area contributed by atoms with E-state index in [-0.39, 0.29) is 0 Å². The first-order valence-electron chi connectivity index (χ1n) is 6.44. The van der Waals surface area contributed by atoms with Gasteiger partial charge in [0, 0.05) is 23.5 Å². The molecular weight excluding hydrogens is 252 g/mol. The second kappa shape index (κ2) is 6.19. The Kier molecular flexibility index (Phi) is 4.86. The Morgan fingerprint density at radius 3 is 2.94 bits per heavy atom. The van der Waals surface area contributed by atoms with E-state index < -0.39 is 0 Å². The summed E-state index contributed by atoms with van der Waals surface area (Å²) in [5.41, 5.74) is 0. The Bertz CT molecular complexity index is 347. The molecule has 2 rings (SSSR count). The number of hydrogen-bond acceptors (Lipinski definition) is 3. The zero-order chi connectivity index (χ0) is 12.3. The molecule has 2 nitrogen and oxygen atoms in total. The lowest BCUT2D eigenvalue weighted by Crippen LogP contribution is -2.39. The third kappa shape index (κ3) is 3.22. The molecule has 0 aliphatic carbocycles. The molecule has 1 N–H and O–H groups in total. The summed E-state index contributed by atoms with van der Waals surface area (Å²) in [5, 5.41) is 3.46.